The number of aliphatic imine (C=N–C) groups is 1. The number of allylic oxidation sites excluding steroid dienone is 2. The van der Waals surface area contributed by atoms with Gasteiger partial charge in [0.05, 0.1) is 16.3 Å². The largest absolute Gasteiger partial charge is 0.397 e. The highest BCUT2D eigenvalue weighted by Crippen LogP contribution is 2.19. The predicted molar refractivity (Wildman–Crippen MR) is 80.2 cm³/mol. The number of thiophene rings is 1. The lowest BCUT2D eigenvalue weighted by Crippen LogP contribution is -1.99. The van der Waals surface area contributed by atoms with Gasteiger partial charge in [-0.15, -0.1) is 11.3 Å². The van der Waals surface area contributed by atoms with Crippen LogP contribution in [-0.4, -0.2) is 6.21 Å². The summed E-state index contributed by atoms with van der Waals surface area (Å²) in [4.78, 5) is 5.41. The molecule has 1 aromatic carbocycles. The summed E-state index contributed by atoms with van der Waals surface area (Å²) < 4.78 is 0. The van der Waals surface area contributed by atoms with Gasteiger partial charge in [-0.2, -0.15) is 0 Å². The van der Waals surface area contributed by atoms with Gasteiger partial charge in [-0.1, -0.05) is 36.9 Å². The van der Waals surface area contributed by atoms with Crippen LogP contribution in [0.15, 0.2) is 71.1 Å². The molecule has 0 spiro atoms. The van der Waals surface area contributed by atoms with Gasteiger partial charge in [0.15, 0.2) is 0 Å². The van der Waals surface area contributed by atoms with E-state index in [0.29, 0.717) is 5.70 Å². The van der Waals surface area contributed by atoms with Gasteiger partial charge >= 0.3 is 0 Å². The summed E-state index contributed by atoms with van der Waals surface area (Å²) >= 11 is 1.60. The second-order valence-electron chi connectivity index (χ2n) is 3.64. The molecule has 0 saturated carbocycles. The maximum absolute atomic E-state index is 6.09. The summed E-state index contributed by atoms with van der Waals surface area (Å²) in [6.45, 7) is 3.78. The van der Waals surface area contributed by atoms with E-state index in [0.717, 1.165) is 16.1 Å². The third-order valence-corrected chi connectivity index (χ3v) is 3.33. The first kappa shape index (κ1) is 12.3. The Labute approximate surface area is 111 Å². The zero-order valence-corrected chi connectivity index (χ0v) is 10.7. The van der Waals surface area contributed by atoms with Crippen LogP contribution >= 0.6 is 11.3 Å². The van der Waals surface area contributed by atoms with E-state index in [4.69, 9.17) is 5.73 Å². The molecule has 0 radical (unpaired) electrons. The zero-order chi connectivity index (χ0) is 12.8. The fraction of sp³-hybridized carbons (Fsp3) is 0. The lowest BCUT2D eigenvalue weighted by Gasteiger charge is -2.01. The zero-order valence-electron chi connectivity index (χ0n) is 9.91. The van der Waals surface area contributed by atoms with Crippen molar-refractivity contribution in [2.24, 2.45) is 10.7 Å². The van der Waals surface area contributed by atoms with E-state index in [1.807, 2.05) is 47.8 Å². The van der Waals surface area contributed by atoms with Crippen molar-refractivity contribution in [2.75, 3.05) is 0 Å². The average Bonchev–Trinajstić information content (AvgIpc) is 2.94. The first-order valence-corrected chi connectivity index (χ1v) is 6.44. The van der Waals surface area contributed by atoms with E-state index in [2.05, 4.69) is 11.6 Å². The van der Waals surface area contributed by atoms with Crippen molar-refractivity contribution >= 4 is 28.9 Å². The molecule has 0 aliphatic rings. The summed E-state index contributed by atoms with van der Waals surface area (Å²) in [7, 11) is 0. The van der Waals surface area contributed by atoms with Crippen molar-refractivity contribution in [3.05, 3.63) is 70.9 Å². The summed E-state index contributed by atoms with van der Waals surface area (Å²) in [5.41, 5.74) is 8.53. The molecular weight excluding hydrogens is 240 g/mol. The SMILES string of the molecule is C=CC(C=Nc1ccccc1)=C(N)c1cccs1. The van der Waals surface area contributed by atoms with Gasteiger partial charge in [-0.05, 0) is 23.6 Å². The molecule has 1 aromatic heterocycles. The van der Waals surface area contributed by atoms with E-state index in [9.17, 15) is 0 Å². The van der Waals surface area contributed by atoms with Gasteiger partial charge < -0.3 is 5.73 Å². The highest BCUT2D eigenvalue weighted by Gasteiger charge is 2.01. The molecule has 0 bridgehead atoms. The van der Waals surface area contributed by atoms with E-state index in [1.165, 1.54) is 0 Å². The van der Waals surface area contributed by atoms with Crippen LogP contribution in [0, 0.1) is 0 Å². The standard InChI is InChI=1S/C15H14N2S/c1-2-12(15(16)14-9-6-10-18-14)11-17-13-7-4-3-5-8-13/h2-11H,1,16H2. The third-order valence-electron chi connectivity index (χ3n) is 2.43. The number of hydrogen-bond acceptors (Lipinski definition) is 3. The van der Waals surface area contributed by atoms with Gasteiger partial charge in [-0.25, -0.2) is 0 Å². The number of para-hydroxylation sites is 1. The molecule has 3 heteroatoms. The Bertz CT molecular complexity index is 566. The summed E-state index contributed by atoms with van der Waals surface area (Å²) in [6.07, 6.45) is 3.47. The van der Waals surface area contributed by atoms with Crippen LogP contribution in [0.1, 0.15) is 4.88 Å². The molecule has 0 aliphatic heterocycles. The highest BCUT2D eigenvalue weighted by atomic mass is 32.1. The second-order valence-corrected chi connectivity index (χ2v) is 4.59. The Morgan fingerprint density at radius 3 is 2.56 bits per heavy atom. The molecule has 0 amide bonds. The number of nitrogens with zero attached hydrogens (tertiary/aromatic N) is 1. The van der Waals surface area contributed by atoms with Crippen LogP contribution in [0.4, 0.5) is 5.69 Å². The van der Waals surface area contributed by atoms with Crippen LogP contribution < -0.4 is 5.73 Å². The molecule has 2 N–H and O–H groups in total. The minimum absolute atomic E-state index is 0.708. The summed E-state index contributed by atoms with van der Waals surface area (Å²) in [5.74, 6) is 0. The second kappa shape index (κ2) is 5.98. The molecule has 0 unspecified atom stereocenters. The molecule has 90 valence electrons. The molecule has 2 rings (SSSR count). The van der Waals surface area contributed by atoms with E-state index >= 15 is 0 Å². The normalized spacial score (nSPS) is 12.4. The van der Waals surface area contributed by atoms with Crippen molar-refractivity contribution in [2.45, 2.75) is 0 Å². The van der Waals surface area contributed by atoms with Crippen molar-refractivity contribution < 1.29 is 0 Å². The van der Waals surface area contributed by atoms with E-state index in [-0.39, 0.29) is 0 Å². The Balaban J connectivity index is 2.28. The van der Waals surface area contributed by atoms with Crippen molar-refractivity contribution in [3.63, 3.8) is 0 Å². The average molecular weight is 254 g/mol. The smallest absolute Gasteiger partial charge is 0.0629 e. The first-order valence-electron chi connectivity index (χ1n) is 5.56. The fourth-order valence-corrected chi connectivity index (χ4v) is 2.17. The first-order chi connectivity index (χ1) is 8.81. The van der Waals surface area contributed by atoms with Crippen LogP contribution in [0.3, 0.4) is 0 Å². The lowest BCUT2D eigenvalue weighted by molar-refractivity contribution is 1.52. The Kier molecular flexibility index (Phi) is 4.10. The number of rotatable bonds is 4. The Hall–Kier alpha value is -2.13. The molecule has 0 saturated heterocycles. The van der Waals surface area contributed by atoms with Gasteiger partial charge in [-0.3, -0.25) is 4.99 Å². The van der Waals surface area contributed by atoms with Crippen LogP contribution in [0.5, 0.6) is 0 Å². The molecule has 2 aromatic rings. The molecule has 0 aliphatic carbocycles. The van der Waals surface area contributed by atoms with Gasteiger partial charge in [0.2, 0.25) is 0 Å². The lowest BCUT2D eigenvalue weighted by atomic mass is 10.2. The van der Waals surface area contributed by atoms with Crippen LogP contribution in [0.2, 0.25) is 0 Å². The monoisotopic (exact) mass is 254 g/mol. The predicted octanol–water partition coefficient (Wildman–Crippen LogP) is 4.01. The number of hydrogen-bond donors (Lipinski definition) is 1. The highest BCUT2D eigenvalue weighted by molar-refractivity contribution is 7.11. The molecule has 2 nitrogen and oxygen atoms in total. The van der Waals surface area contributed by atoms with Gasteiger partial charge in [0.25, 0.3) is 0 Å². The summed E-state index contributed by atoms with van der Waals surface area (Å²) in [6, 6.07) is 13.7. The molecule has 0 atom stereocenters. The van der Waals surface area contributed by atoms with Gasteiger partial charge in [0.1, 0.15) is 0 Å². The van der Waals surface area contributed by atoms with Gasteiger partial charge in [0, 0.05) is 11.8 Å². The van der Waals surface area contributed by atoms with Crippen LogP contribution in [-0.2, 0) is 0 Å². The van der Waals surface area contributed by atoms with Crippen LogP contribution in [0.25, 0.3) is 5.70 Å². The quantitative estimate of drug-likeness (QED) is 0.650. The van der Waals surface area contributed by atoms with E-state index < -0.39 is 0 Å². The fourth-order valence-electron chi connectivity index (χ4n) is 1.46. The van der Waals surface area contributed by atoms with Crippen molar-refractivity contribution in [1.82, 2.24) is 0 Å². The van der Waals surface area contributed by atoms with E-state index in [1.54, 1.807) is 23.6 Å². The minimum atomic E-state index is 0.708. The molecule has 0 fully saturated rings. The molecular formula is C15H14N2S. The Morgan fingerprint density at radius 1 is 1.17 bits per heavy atom. The Morgan fingerprint density at radius 2 is 1.94 bits per heavy atom. The molecule has 18 heavy (non-hydrogen) atoms. The maximum atomic E-state index is 6.09. The number of benzene rings is 1. The third kappa shape index (κ3) is 2.96. The van der Waals surface area contributed by atoms with Crippen molar-refractivity contribution in [1.29, 1.82) is 0 Å². The summed E-state index contributed by atoms with van der Waals surface area (Å²) in [5, 5.41) is 2.00. The minimum Gasteiger partial charge on any atom is -0.397 e. The maximum Gasteiger partial charge on any atom is 0.0629 e. The number of nitrogens with two attached hydrogens (primary N) is 1. The topological polar surface area (TPSA) is 38.4 Å². The molecule has 1 heterocycles. The van der Waals surface area contributed by atoms with Crippen molar-refractivity contribution in [3.8, 4) is 0 Å².